The Labute approximate surface area is 115 Å². The Bertz CT molecular complexity index is 473. The normalized spacial score (nSPS) is 26.1. The van der Waals surface area contributed by atoms with Gasteiger partial charge in [0.05, 0.1) is 5.92 Å². The Kier molecular flexibility index (Phi) is 3.79. The Morgan fingerprint density at radius 2 is 1.95 bits per heavy atom. The zero-order chi connectivity index (χ0) is 14.0. The summed E-state index contributed by atoms with van der Waals surface area (Å²) >= 11 is 0. The van der Waals surface area contributed by atoms with Gasteiger partial charge in [-0.1, -0.05) is 56.3 Å². The molecule has 3 unspecified atom stereocenters. The van der Waals surface area contributed by atoms with Crippen molar-refractivity contribution >= 4 is 5.97 Å². The molecule has 19 heavy (non-hydrogen) atoms. The third-order valence-electron chi connectivity index (χ3n) is 4.13. The van der Waals surface area contributed by atoms with Crippen LogP contribution < -0.4 is 0 Å². The van der Waals surface area contributed by atoms with Crippen molar-refractivity contribution in [2.45, 2.75) is 33.8 Å². The van der Waals surface area contributed by atoms with E-state index in [2.05, 4.69) is 19.9 Å². The molecule has 0 spiro atoms. The number of carbonyl (C=O) groups is 1. The van der Waals surface area contributed by atoms with Crippen LogP contribution in [0.5, 0.6) is 0 Å². The molecule has 1 aromatic carbocycles. The first-order chi connectivity index (χ1) is 8.98. The summed E-state index contributed by atoms with van der Waals surface area (Å²) in [6.45, 7) is 8.16. The van der Waals surface area contributed by atoms with Crippen LogP contribution in [0.3, 0.4) is 0 Å². The van der Waals surface area contributed by atoms with Crippen LogP contribution in [0.25, 0.3) is 0 Å². The van der Waals surface area contributed by atoms with E-state index >= 15 is 0 Å². The van der Waals surface area contributed by atoms with Gasteiger partial charge >= 0.3 is 5.97 Å². The number of rotatable bonds is 4. The third kappa shape index (κ3) is 2.73. The molecule has 0 aromatic heterocycles. The summed E-state index contributed by atoms with van der Waals surface area (Å²) in [7, 11) is 0. The van der Waals surface area contributed by atoms with Gasteiger partial charge < -0.3 is 4.74 Å². The van der Waals surface area contributed by atoms with Crippen molar-refractivity contribution in [3.63, 3.8) is 0 Å². The summed E-state index contributed by atoms with van der Waals surface area (Å²) in [5.74, 6) is 0.229. The first-order valence-corrected chi connectivity index (χ1v) is 6.86. The molecule has 0 saturated heterocycles. The molecule has 0 heterocycles. The summed E-state index contributed by atoms with van der Waals surface area (Å²) in [4.78, 5) is 12.2. The predicted octanol–water partition coefficient (Wildman–Crippen LogP) is 4.14. The molecule has 3 atom stereocenters. The average molecular weight is 258 g/mol. The second kappa shape index (κ2) is 5.20. The fraction of sp³-hybridized carbons (Fsp3) is 0.471. The van der Waals surface area contributed by atoms with Crippen molar-refractivity contribution in [3.05, 3.63) is 48.0 Å². The van der Waals surface area contributed by atoms with Crippen molar-refractivity contribution < 1.29 is 9.53 Å². The number of hydrogen-bond acceptors (Lipinski definition) is 2. The lowest BCUT2D eigenvalue weighted by Gasteiger charge is -2.14. The molecule has 0 aliphatic heterocycles. The van der Waals surface area contributed by atoms with E-state index in [0.29, 0.717) is 5.92 Å². The van der Waals surface area contributed by atoms with E-state index in [1.54, 1.807) is 0 Å². The number of esters is 1. The Morgan fingerprint density at radius 1 is 1.32 bits per heavy atom. The molecule has 0 radical (unpaired) electrons. The summed E-state index contributed by atoms with van der Waals surface area (Å²) in [5, 5.41) is 0. The highest BCUT2D eigenvalue weighted by Gasteiger charge is 2.61. The fourth-order valence-corrected chi connectivity index (χ4v) is 2.73. The van der Waals surface area contributed by atoms with Crippen LogP contribution in [0, 0.1) is 17.3 Å². The van der Waals surface area contributed by atoms with Gasteiger partial charge in [0.25, 0.3) is 0 Å². The van der Waals surface area contributed by atoms with Gasteiger partial charge in [-0.15, -0.1) is 0 Å². The summed E-state index contributed by atoms with van der Waals surface area (Å²) < 4.78 is 5.60. The maximum atomic E-state index is 12.2. The molecule has 2 heteroatoms. The highest BCUT2D eigenvalue weighted by molar-refractivity contribution is 5.78. The van der Waals surface area contributed by atoms with E-state index in [4.69, 9.17) is 4.74 Å². The average Bonchev–Trinajstić information content (AvgIpc) is 2.92. The minimum atomic E-state index is -0.184. The topological polar surface area (TPSA) is 26.3 Å². The molecule has 0 bridgehead atoms. The van der Waals surface area contributed by atoms with Crippen molar-refractivity contribution in [1.29, 1.82) is 0 Å². The van der Waals surface area contributed by atoms with E-state index in [-0.39, 0.29) is 23.4 Å². The summed E-state index contributed by atoms with van der Waals surface area (Å²) in [5.41, 5.74) is 1.07. The van der Waals surface area contributed by atoms with Gasteiger partial charge in [0.2, 0.25) is 0 Å². The van der Waals surface area contributed by atoms with Gasteiger partial charge in [0.1, 0.15) is 6.10 Å². The van der Waals surface area contributed by atoms with Crippen molar-refractivity contribution in [2.75, 3.05) is 0 Å². The molecule has 102 valence electrons. The molecule has 1 aliphatic carbocycles. The van der Waals surface area contributed by atoms with E-state index < -0.39 is 0 Å². The second-order valence-electron chi connectivity index (χ2n) is 5.84. The van der Waals surface area contributed by atoms with Gasteiger partial charge in [-0.25, -0.2) is 0 Å². The van der Waals surface area contributed by atoms with Gasteiger partial charge in [0.15, 0.2) is 0 Å². The number of carbonyl (C=O) groups excluding carboxylic acids is 1. The van der Waals surface area contributed by atoms with E-state index in [1.807, 2.05) is 50.3 Å². The number of ether oxygens (including phenoxy) is 1. The van der Waals surface area contributed by atoms with Crippen LogP contribution in [-0.2, 0) is 9.53 Å². The van der Waals surface area contributed by atoms with Crippen LogP contribution in [-0.4, -0.2) is 5.97 Å². The maximum absolute atomic E-state index is 12.2. The minimum absolute atomic E-state index is 0.00476. The third-order valence-corrected chi connectivity index (χ3v) is 4.13. The van der Waals surface area contributed by atoms with Crippen LogP contribution >= 0.6 is 0 Å². The largest absolute Gasteiger partial charge is 0.458 e. The zero-order valence-electron chi connectivity index (χ0n) is 12.1. The van der Waals surface area contributed by atoms with Gasteiger partial charge in [-0.2, -0.15) is 0 Å². The van der Waals surface area contributed by atoms with Crippen molar-refractivity contribution in [3.8, 4) is 0 Å². The molecule has 1 fully saturated rings. The minimum Gasteiger partial charge on any atom is -0.458 e. The lowest BCUT2D eigenvalue weighted by atomic mass is 10.1. The molecule has 1 saturated carbocycles. The molecule has 1 aliphatic rings. The molecular formula is C17H22O2. The molecule has 0 N–H and O–H groups in total. The van der Waals surface area contributed by atoms with Crippen molar-refractivity contribution in [1.82, 2.24) is 0 Å². The second-order valence-corrected chi connectivity index (χ2v) is 5.84. The monoisotopic (exact) mass is 258 g/mol. The number of benzene rings is 1. The van der Waals surface area contributed by atoms with Crippen LogP contribution in [0.1, 0.15) is 39.4 Å². The molecule has 1 aromatic rings. The Balaban J connectivity index is 1.99. The number of allylic oxidation sites excluding steroid dienone is 2. The van der Waals surface area contributed by atoms with Crippen molar-refractivity contribution in [2.24, 2.45) is 17.3 Å². The molecule has 2 rings (SSSR count). The summed E-state index contributed by atoms with van der Waals surface area (Å²) in [6.07, 6.45) is 3.94. The molecular weight excluding hydrogens is 236 g/mol. The zero-order valence-corrected chi connectivity index (χ0v) is 12.1. The SMILES string of the molecule is CC=CC1C(C(=O)OC(C)c2ccccc2)C1(C)C. The van der Waals surface area contributed by atoms with Crippen LogP contribution in [0.2, 0.25) is 0 Å². The molecule has 0 amide bonds. The number of hydrogen-bond donors (Lipinski definition) is 0. The lowest BCUT2D eigenvalue weighted by Crippen LogP contribution is -2.13. The summed E-state index contributed by atoms with van der Waals surface area (Å²) in [6, 6.07) is 9.86. The quantitative estimate of drug-likeness (QED) is 0.599. The van der Waals surface area contributed by atoms with Gasteiger partial charge in [-0.05, 0) is 30.7 Å². The Morgan fingerprint density at radius 3 is 2.53 bits per heavy atom. The first-order valence-electron chi connectivity index (χ1n) is 6.86. The van der Waals surface area contributed by atoms with E-state index in [0.717, 1.165) is 5.56 Å². The molecule has 2 nitrogen and oxygen atoms in total. The standard InChI is InChI=1S/C17H22O2/c1-5-9-14-15(17(14,3)4)16(18)19-12(2)13-10-7-6-8-11-13/h5-12,14-15H,1-4H3. The first kappa shape index (κ1) is 13.9. The van der Waals surface area contributed by atoms with E-state index in [1.165, 1.54) is 0 Å². The van der Waals surface area contributed by atoms with Gasteiger partial charge in [-0.3, -0.25) is 4.79 Å². The smallest absolute Gasteiger partial charge is 0.310 e. The fourth-order valence-electron chi connectivity index (χ4n) is 2.73. The highest BCUT2D eigenvalue weighted by atomic mass is 16.5. The predicted molar refractivity (Wildman–Crippen MR) is 76.5 cm³/mol. The van der Waals surface area contributed by atoms with E-state index in [9.17, 15) is 4.79 Å². The Hall–Kier alpha value is -1.57. The highest BCUT2D eigenvalue weighted by Crippen LogP contribution is 2.59. The lowest BCUT2D eigenvalue weighted by molar-refractivity contribution is -0.151. The van der Waals surface area contributed by atoms with Crippen LogP contribution in [0.4, 0.5) is 0 Å². The maximum Gasteiger partial charge on any atom is 0.310 e. The van der Waals surface area contributed by atoms with Gasteiger partial charge in [0, 0.05) is 0 Å². The van der Waals surface area contributed by atoms with Crippen LogP contribution in [0.15, 0.2) is 42.5 Å².